The molecule has 1 aliphatic rings. The van der Waals surface area contributed by atoms with E-state index in [1.54, 1.807) is 0 Å². The second kappa shape index (κ2) is 13.5. The molecule has 0 spiro atoms. The van der Waals surface area contributed by atoms with Gasteiger partial charge in [-0.3, -0.25) is 19.2 Å². The highest BCUT2D eigenvalue weighted by atomic mass is 32.2. The Morgan fingerprint density at radius 1 is 0.867 bits per heavy atom. The Hall–Kier alpha value is -1.83. The van der Waals surface area contributed by atoms with Crippen LogP contribution in [0, 0.1) is 0 Å². The van der Waals surface area contributed by atoms with Crippen molar-refractivity contribution in [1.82, 2.24) is 0 Å². The summed E-state index contributed by atoms with van der Waals surface area (Å²) in [6.07, 6.45) is 0.415. The number of carboxylic acid groups (broad SMARTS) is 2. The van der Waals surface area contributed by atoms with Crippen molar-refractivity contribution in [3.63, 3.8) is 0 Å². The number of esters is 2. The molecule has 1 aliphatic heterocycles. The van der Waals surface area contributed by atoms with Crippen molar-refractivity contribution in [3.8, 4) is 0 Å². The minimum absolute atomic E-state index is 0.0418. The fourth-order valence-electron chi connectivity index (χ4n) is 2.42. The molecule has 0 amide bonds. The van der Waals surface area contributed by atoms with Gasteiger partial charge in [-0.05, 0) is 12.8 Å². The number of carbonyl (C=O) groups excluding carboxylic acids is 3. The molecule has 11 nitrogen and oxygen atoms in total. The van der Waals surface area contributed by atoms with Gasteiger partial charge in [0, 0.05) is 19.3 Å². The Morgan fingerprint density at radius 2 is 1.27 bits per heavy atom. The van der Waals surface area contributed by atoms with Crippen LogP contribution in [0.15, 0.2) is 0 Å². The number of aliphatic carboxylic acids is 2. The number of hydrogen-bond donors (Lipinski definition) is 4. The molecule has 1 fully saturated rings. The zero-order valence-electron chi connectivity index (χ0n) is 16.1. The third kappa shape index (κ3) is 9.78. The van der Waals surface area contributed by atoms with Crippen LogP contribution in [0.5, 0.6) is 0 Å². The first-order valence-corrected chi connectivity index (χ1v) is 11.0. The number of rotatable bonds is 14. The van der Waals surface area contributed by atoms with Gasteiger partial charge in [-0.25, -0.2) is 0 Å². The first-order chi connectivity index (χ1) is 14.1. The first kappa shape index (κ1) is 26.2. The van der Waals surface area contributed by atoms with Crippen LogP contribution in [0.2, 0.25) is 0 Å². The lowest BCUT2D eigenvalue weighted by Crippen LogP contribution is -2.37. The summed E-state index contributed by atoms with van der Waals surface area (Å²) in [6, 6.07) is -2.12. The predicted molar refractivity (Wildman–Crippen MR) is 109 cm³/mol. The van der Waals surface area contributed by atoms with Crippen molar-refractivity contribution < 1.29 is 43.7 Å². The number of aldehydes is 1. The third-order valence-corrected chi connectivity index (χ3v) is 7.54. The number of carbonyl (C=O) groups is 5. The average molecular weight is 467 g/mol. The fourth-order valence-corrected chi connectivity index (χ4v) is 5.87. The van der Waals surface area contributed by atoms with Gasteiger partial charge < -0.3 is 35.9 Å². The second-order valence-electron chi connectivity index (χ2n) is 6.52. The molecule has 6 N–H and O–H groups in total. The maximum atomic E-state index is 11.9. The monoisotopic (exact) mass is 466 g/mol. The van der Waals surface area contributed by atoms with Gasteiger partial charge in [-0.1, -0.05) is 0 Å². The Kier molecular flexibility index (Phi) is 11.8. The number of carboxylic acids is 2. The van der Waals surface area contributed by atoms with E-state index in [0.717, 1.165) is 6.29 Å². The smallest absolute Gasteiger partial charge is 0.322 e. The van der Waals surface area contributed by atoms with Gasteiger partial charge in [-0.15, -0.1) is 23.5 Å². The van der Waals surface area contributed by atoms with Crippen LogP contribution in [-0.4, -0.2) is 80.8 Å². The maximum absolute atomic E-state index is 11.9. The van der Waals surface area contributed by atoms with E-state index in [1.165, 1.54) is 23.5 Å². The van der Waals surface area contributed by atoms with E-state index < -0.39 is 36.0 Å². The summed E-state index contributed by atoms with van der Waals surface area (Å²) in [7, 11) is 0. The number of thioether (sulfide) groups is 2. The molecule has 0 radical (unpaired) electrons. The van der Waals surface area contributed by atoms with Gasteiger partial charge in [0.05, 0.1) is 15.1 Å². The van der Waals surface area contributed by atoms with Crippen LogP contribution < -0.4 is 11.5 Å². The lowest BCUT2D eigenvalue weighted by molar-refractivity contribution is -0.148. The molecule has 0 bridgehead atoms. The first-order valence-electron chi connectivity index (χ1n) is 9.16. The molecule has 30 heavy (non-hydrogen) atoms. The van der Waals surface area contributed by atoms with Crippen LogP contribution >= 0.6 is 23.5 Å². The Balaban J connectivity index is 2.55. The average Bonchev–Trinajstić information content (AvgIpc) is 3.08. The molecule has 1 rings (SSSR count). The molecular weight excluding hydrogens is 440 g/mol. The summed E-state index contributed by atoms with van der Waals surface area (Å²) >= 11 is 2.82. The molecule has 0 aromatic heterocycles. The Morgan fingerprint density at radius 3 is 1.60 bits per heavy atom. The summed E-state index contributed by atoms with van der Waals surface area (Å²) in [4.78, 5) is 55.8. The van der Waals surface area contributed by atoms with Crippen molar-refractivity contribution in [1.29, 1.82) is 0 Å². The molecule has 0 aromatic rings. The van der Waals surface area contributed by atoms with Crippen molar-refractivity contribution in [2.24, 2.45) is 11.5 Å². The molecule has 170 valence electrons. The van der Waals surface area contributed by atoms with Gasteiger partial charge in [0.2, 0.25) is 0 Å². The molecular formula is C17H26N2O9S2. The highest BCUT2D eigenvalue weighted by Gasteiger charge is 2.37. The van der Waals surface area contributed by atoms with E-state index in [-0.39, 0.29) is 60.4 Å². The molecule has 1 heterocycles. The second-order valence-corrected chi connectivity index (χ2v) is 9.71. The van der Waals surface area contributed by atoms with E-state index >= 15 is 0 Å². The summed E-state index contributed by atoms with van der Waals surface area (Å²) in [6.45, 7) is -0.0835. The lowest BCUT2D eigenvalue weighted by atomic mass is 10.2. The van der Waals surface area contributed by atoms with Crippen molar-refractivity contribution in [3.05, 3.63) is 0 Å². The summed E-state index contributed by atoms with van der Waals surface area (Å²) in [5.74, 6) is -3.60. The third-order valence-electron chi connectivity index (χ3n) is 4.08. The van der Waals surface area contributed by atoms with E-state index in [4.69, 9.17) is 31.2 Å². The van der Waals surface area contributed by atoms with Crippen LogP contribution in [0.4, 0.5) is 0 Å². The zero-order chi connectivity index (χ0) is 22.7. The zero-order valence-corrected chi connectivity index (χ0v) is 17.8. The molecule has 1 unspecified atom stereocenters. The molecule has 0 aromatic carbocycles. The van der Waals surface area contributed by atoms with Crippen molar-refractivity contribution in [2.45, 2.75) is 59.3 Å². The minimum Gasteiger partial charge on any atom is -0.481 e. The van der Waals surface area contributed by atoms with E-state index in [1.807, 2.05) is 0 Å². The van der Waals surface area contributed by atoms with Crippen LogP contribution in [0.1, 0.15) is 32.1 Å². The summed E-state index contributed by atoms with van der Waals surface area (Å²) in [5, 5.41) is 16.7. The molecule has 1 saturated heterocycles. The SMILES string of the molecule is N[C@@H](CCC(=O)O)C(=O)OC[C@@H]1SC(CC=O)S[C@@H]1COC(=O)[C@@H](N)CCC(=O)O. The van der Waals surface area contributed by atoms with Crippen LogP contribution in [0.25, 0.3) is 0 Å². The largest absolute Gasteiger partial charge is 0.481 e. The summed E-state index contributed by atoms with van der Waals surface area (Å²) < 4.78 is 10.3. The predicted octanol–water partition coefficient (Wildman–Crippen LogP) is -0.411. The van der Waals surface area contributed by atoms with E-state index in [0.29, 0.717) is 0 Å². The molecule has 0 saturated carbocycles. The van der Waals surface area contributed by atoms with Gasteiger partial charge in [-0.2, -0.15) is 0 Å². The van der Waals surface area contributed by atoms with Crippen molar-refractivity contribution in [2.75, 3.05) is 13.2 Å². The molecule has 13 heteroatoms. The van der Waals surface area contributed by atoms with E-state index in [9.17, 15) is 24.0 Å². The fraction of sp³-hybridized carbons (Fsp3) is 0.706. The van der Waals surface area contributed by atoms with Crippen LogP contribution in [-0.2, 0) is 33.4 Å². The quantitative estimate of drug-likeness (QED) is 0.190. The van der Waals surface area contributed by atoms with Gasteiger partial charge in [0.1, 0.15) is 31.6 Å². The molecule has 5 atom stereocenters. The number of nitrogens with two attached hydrogens (primary N) is 2. The highest BCUT2D eigenvalue weighted by molar-refractivity contribution is 8.20. The highest BCUT2D eigenvalue weighted by Crippen LogP contribution is 2.45. The number of hydrogen-bond acceptors (Lipinski definition) is 11. The van der Waals surface area contributed by atoms with Gasteiger partial charge in [0.15, 0.2) is 0 Å². The van der Waals surface area contributed by atoms with Gasteiger partial charge >= 0.3 is 23.9 Å². The number of ether oxygens (including phenoxy) is 2. The molecule has 0 aliphatic carbocycles. The Labute approximate surface area is 181 Å². The topological polar surface area (TPSA) is 196 Å². The standard InChI is InChI=1S/C17H26N2O9S2/c18-9(1-3-13(21)22)16(25)27-7-11-12(30-15(29-11)5-6-20)8-28-17(26)10(19)2-4-14(23)24/h6,9-12,15H,1-5,7-8,18-19H2,(H,21,22)(H,23,24)/t9-,10-,11-,12+,15?/m0/s1. The minimum atomic E-state index is -1.07. The van der Waals surface area contributed by atoms with E-state index in [2.05, 4.69) is 0 Å². The van der Waals surface area contributed by atoms with Crippen LogP contribution in [0.3, 0.4) is 0 Å². The Bertz CT molecular complexity index is 586. The normalized spacial score (nSPS) is 22.7. The lowest BCUT2D eigenvalue weighted by Gasteiger charge is -2.19. The maximum Gasteiger partial charge on any atom is 0.322 e. The van der Waals surface area contributed by atoms with Gasteiger partial charge in [0.25, 0.3) is 0 Å². The van der Waals surface area contributed by atoms with Crippen molar-refractivity contribution >= 4 is 53.7 Å². The summed E-state index contributed by atoms with van der Waals surface area (Å²) in [5.41, 5.74) is 11.2.